The van der Waals surface area contributed by atoms with E-state index in [9.17, 15) is 4.79 Å². The highest BCUT2D eigenvalue weighted by atomic mass is 16.5. The Morgan fingerprint density at radius 2 is 1.97 bits per heavy atom. The Labute approximate surface area is 221 Å². The average Bonchev–Trinajstić information content (AvgIpc) is 3.69. The third kappa shape index (κ3) is 5.62. The third-order valence-electron chi connectivity index (χ3n) is 7.75. The Hall–Kier alpha value is -3.44. The number of aromatic nitrogens is 1. The molecule has 5 nitrogen and oxygen atoms in total. The fourth-order valence-electron chi connectivity index (χ4n) is 5.23. The Bertz CT molecular complexity index is 1340. The number of nitrogens with one attached hydrogen (secondary N) is 1. The molecule has 1 saturated heterocycles. The molecule has 2 heterocycles. The zero-order valence-corrected chi connectivity index (χ0v) is 22.1. The number of hydrogen-bond acceptors (Lipinski definition) is 4. The number of benzene rings is 2. The van der Waals surface area contributed by atoms with Crippen molar-refractivity contribution in [2.75, 3.05) is 20.1 Å². The van der Waals surface area contributed by atoms with Gasteiger partial charge in [-0.25, -0.2) is 0 Å². The van der Waals surface area contributed by atoms with E-state index >= 15 is 0 Å². The summed E-state index contributed by atoms with van der Waals surface area (Å²) in [7, 11) is 2.14. The number of aryl methyl sites for hydroxylation is 1. The lowest BCUT2D eigenvalue weighted by molar-refractivity contribution is 0.0930. The monoisotopic (exact) mass is 497 g/mol. The highest BCUT2D eigenvalue weighted by Crippen LogP contribution is 2.49. The molecule has 2 fully saturated rings. The van der Waals surface area contributed by atoms with Crippen molar-refractivity contribution in [2.45, 2.75) is 57.4 Å². The SMILES string of the molecule is C=COc1ccc(C)c(C(=O)NC2(c3cc(C4=CCCCC4)cc4ncccc34)CC2)c1.CN1CCC1.[HH]. The van der Waals surface area contributed by atoms with Crippen molar-refractivity contribution < 1.29 is 11.0 Å². The number of amides is 1. The summed E-state index contributed by atoms with van der Waals surface area (Å²) in [5, 5.41) is 4.48. The Morgan fingerprint density at radius 1 is 1.16 bits per heavy atom. The standard InChI is InChI=1S/C28H28N2O2.C4H9N.H2/c1-3-32-22-12-11-19(2)24(18-22)27(31)30-28(13-14-28)25-16-21(20-8-5-4-6-9-20)17-26-23(25)10-7-15-29-26;1-5-3-2-4-5;/h3,7-8,10-12,15-18H,1,4-6,9,13-14H2,2H3,(H,30,31);2-4H2,1H3;1H. The minimum Gasteiger partial charge on any atom is -0.466 e. The van der Waals surface area contributed by atoms with Crippen molar-refractivity contribution in [1.82, 2.24) is 15.2 Å². The number of nitrogens with zero attached hydrogens (tertiary/aromatic N) is 2. The van der Waals surface area contributed by atoms with Gasteiger partial charge in [0.25, 0.3) is 5.91 Å². The molecule has 1 saturated carbocycles. The second-order valence-corrected chi connectivity index (χ2v) is 10.5. The van der Waals surface area contributed by atoms with E-state index in [4.69, 9.17) is 4.74 Å². The number of carbonyl (C=O) groups excluding carboxylic acids is 1. The molecule has 0 atom stereocenters. The molecule has 0 spiro atoms. The fourth-order valence-corrected chi connectivity index (χ4v) is 5.23. The second-order valence-electron chi connectivity index (χ2n) is 10.5. The van der Waals surface area contributed by atoms with E-state index in [0.29, 0.717) is 11.3 Å². The molecule has 0 unspecified atom stereocenters. The molecule has 0 radical (unpaired) electrons. The normalized spacial score (nSPS) is 18.1. The van der Waals surface area contributed by atoms with Gasteiger partial charge in [-0.2, -0.15) is 0 Å². The lowest BCUT2D eigenvalue weighted by Gasteiger charge is -2.24. The average molecular weight is 498 g/mol. The van der Waals surface area contributed by atoms with E-state index in [2.05, 4.69) is 53.1 Å². The topological polar surface area (TPSA) is 54.5 Å². The molecule has 5 heteroatoms. The minimum atomic E-state index is -0.356. The van der Waals surface area contributed by atoms with E-state index < -0.39 is 0 Å². The number of rotatable bonds is 6. The van der Waals surface area contributed by atoms with Crippen LogP contribution in [0, 0.1) is 6.92 Å². The predicted octanol–water partition coefficient (Wildman–Crippen LogP) is 7.01. The van der Waals surface area contributed by atoms with Crippen LogP contribution in [0.3, 0.4) is 0 Å². The smallest absolute Gasteiger partial charge is 0.252 e. The number of fused-ring (bicyclic) bond motifs is 1. The molecular formula is C32H39N3O2. The van der Waals surface area contributed by atoms with E-state index in [1.807, 2.05) is 31.3 Å². The number of hydrogen-bond donors (Lipinski definition) is 1. The van der Waals surface area contributed by atoms with Gasteiger partial charge >= 0.3 is 0 Å². The van der Waals surface area contributed by atoms with Crippen LogP contribution in [0.5, 0.6) is 5.75 Å². The molecule has 2 aromatic carbocycles. The first-order chi connectivity index (χ1) is 18.0. The molecule has 6 rings (SSSR count). The molecule has 3 aliphatic rings. The summed E-state index contributed by atoms with van der Waals surface area (Å²) in [5.74, 6) is 0.537. The van der Waals surface area contributed by atoms with Gasteiger partial charge in [0, 0.05) is 18.6 Å². The first-order valence-electron chi connectivity index (χ1n) is 13.5. The number of pyridine rings is 1. The summed E-state index contributed by atoms with van der Waals surface area (Å²) in [6.45, 7) is 8.19. The van der Waals surface area contributed by atoms with Crippen molar-refractivity contribution in [1.29, 1.82) is 0 Å². The van der Waals surface area contributed by atoms with Crippen molar-refractivity contribution in [3.05, 3.63) is 89.8 Å². The highest BCUT2D eigenvalue weighted by Gasteiger charge is 2.47. The van der Waals surface area contributed by atoms with Gasteiger partial charge in [-0.05, 0) is 125 Å². The Balaban J connectivity index is 0.000000504. The van der Waals surface area contributed by atoms with Crippen LogP contribution in [0.4, 0.5) is 0 Å². The van der Waals surface area contributed by atoms with Crippen LogP contribution in [0.15, 0.2) is 67.6 Å². The van der Waals surface area contributed by atoms with Gasteiger partial charge in [-0.15, -0.1) is 0 Å². The molecule has 1 N–H and O–H groups in total. The molecule has 1 amide bonds. The van der Waals surface area contributed by atoms with Crippen LogP contribution >= 0.6 is 0 Å². The van der Waals surface area contributed by atoms with E-state index in [-0.39, 0.29) is 12.9 Å². The molecule has 1 aromatic heterocycles. The first kappa shape index (κ1) is 25.2. The van der Waals surface area contributed by atoms with E-state index in [0.717, 1.165) is 42.1 Å². The number of likely N-dealkylation sites (tertiary alicyclic amines) is 1. The van der Waals surface area contributed by atoms with Crippen molar-refractivity contribution in [3.8, 4) is 5.75 Å². The van der Waals surface area contributed by atoms with Crippen molar-refractivity contribution in [3.63, 3.8) is 0 Å². The summed E-state index contributed by atoms with van der Waals surface area (Å²) in [6, 6.07) is 14.1. The third-order valence-corrected chi connectivity index (χ3v) is 7.75. The highest BCUT2D eigenvalue weighted by molar-refractivity contribution is 5.97. The van der Waals surface area contributed by atoms with Gasteiger partial charge in [0.2, 0.25) is 0 Å². The largest absolute Gasteiger partial charge is 0.466 e. The second kappa shape index (κ2) is 10.9. The molecule has 194 valence electrons. The Morgan fingerprint density at radius 3 is 2.62 bits per heavy atom. The van der Waals surface area contributed by atoms with Crippen LogP contribution in [0.2, 0.25) is 0 Å². The van der Waals surface area contributed by atoms with Crippen molar-refractivity contribution in [2.24, 2.45) is 0 Å². The maximum atomic E-state index is 13.4. The zero-order chi connectivity index (χ0) is 25.8. The maximum absolute atomic E-state index is 13.4. The van der Waals surface area contributed by atoms with Gasteiger partial charge in [-0.3, -0.25) is 9.78 Å². The molecule has 2 aliphatic carbocycles. The summed E-state index contributed by atoms with van der Waals surface area (Å²) >= 11 is 0. The molecular weight excluding hydrogens is 458 g/mol. The first-order valence-corrected chi connectivity index (χ1v) is 13.5. The lowest BCUT2D eigenvalue weighted by Crippen LogP contribution is -2.35. The quantitative estimate of drug-likeness (QED) is 0.372. The van der Waals surface area contributed by atoms with Gasteiger partial charge in [-0.1, -0.05) is 24.8 Å². The van der Waals surface area contributed by atoms with Crippen LogP contribution < -0.4 is 10.1 Å². The van der Waals surface area contributed by atoms with Gasteiger partial charge in [0.05, 0.1) is 17.3 Å². The van der Waals surface area contributed by atoms with Crippen molar-refractivity contribution >= 4 is 22.4 Å². The molecule has 37 heavy (non-hydrogen) atoms. The van der Waals surface area contributed by atoms with E-state index in [1.165, 1.54) is 55.3 Å². The van der Waals surface area contributed by atoms with Gasteiger partial charge in [0.15, 0.2) is 0 Å². The molecule has 0 bridgehead atoms. The van der Waals surface area contributed by atoms with E-state index in [1.54, 1.807) is 6.07 Å². The van der Waals surface area contributed by atoms with Crippen LogP contribution in [-0.4, -0.2) is 35.9 Å². The van der Waals surface area contributed by atoms with Crippen LogP contribution in [0.1, 0.15) is 73.4 Å². The van der Waals surface area contributed by atoms with Gasteiger partial charge in [0.1, 0.15) is 5.75 Å². The summed E-state index contributed by atoms with van der Waals surface area (Å²) in [4.78, 5) is 20.3. The number of ether oxygens (including phenoxy) is 1. The minimum absolute atomic E-state index is 0. The predicted molar refractivity (Wildman–Crippen MR) is 153 cm³/mol. The Kier molecular flexibility index (Phi) is 7.43. The van der Waals surface area contributed by atoms with Crippen LogP contribution in [-0.2, 0) is 5.54 Å². The lowest BCUT2D eigenvalue weighted by atomic mass is 9.89. The zero-order valence-electron chi connectivity index (χ0n) is 22.1. The number of allylic oxidation sites excluding steroid dienone is 2. The molecule has 1 aliphatic heterocycles. The maximum Gasteiger partial charge on any atom is 0.252 e. The van der Waals surface area contributed by atoms with Crippen LogP contribution in [0.25, 0.3) is 16.5 Å². The number of carbonyl (C=O) groups is 1. The summed E-state index contributed by atoms with van der Waals surface area (Å²) < 4.78 is 5.39. The summed E-state index contributed by atoms with van der Waals surface area (Å²) in [5.41, 5.74) is 6.00. The summed E-state index contributed by atoms with van der Waals surface area (Å²) in [6.07, 6.45) is 13.6. The molecule has 3 aromatic rings. The van der Waals surface area contributed by atoms with Gasteiger partial charge < -0.3 is 15.0 Å². The fraction of sp³-hybridized carbons (Fsp3) is 0.375.